The van der Waals surface area contributed by atoms with Gasteiger partial charge in [-0.2, -0.15) is 5.10 Å². The molecular formula is C21H17ClN6O4S2. The minimum atomic E-state index is -3.81. The number of primary sulfonamides is 1. The highest BCUT2D eigenvalue weighted by molar-refractivity contribution is 7.99. The highest BCUT2D eigenvalue weighted by Gasteiger charge is 2.29. The lowest BCUT2D eigenvalue weighted by Gasteiger charge is -2.13. The predicted octanol–water partition coefficient (Wildman–Crippen LogP) is 2.56. The Morgan fingerprint density at radius 3 is 2.71 bits per heavy atom. The van der Waals surface area contributed by atoms with E-state index < -0.39 is 10.0 Å². The lowest BCUT2D eigenvalue weighted by atomic mass is 10.2. The lowest BCUT2D eigenvalue weighted by molar-refractivity contribution is -0.116. The molecule has 10 nitrogen and oxygen atoms in total. The van der Waals surface area contributed by atoms with Gasteiger partial charge in [0.05, 0.1) is 22.8 Å². The number of nitrogens with two attached hydrogens (primary N) is 1. The number of anilines is 1. The number of sulfonamides is 1. The van der Waals surface area contributed by atoms with E-state index in [1.165, 1.54) is 46.8 Å². The van der Waals surface area contributed by atoms with Gasteiger partial charge in [-0.05, 0) is 42.5 Å². The highest BCUT2D eigenvalue weighted by atomic mass is 35.5. The number of rotatable bonds is 5. The van der Waals surface area contributed by atoms with Gasteiger partial charge in [-0.25, -0.2) is 23.2 Å². The van der Waals surface area contributed by atoms with Crippen molar-refractivity contribution >= 4 is 56.0 Å². The van der Waals surface area contributed by atoms with Crippen molar-refractivity contribution in [2.45, 2.75) is 22.5 Å². The molecular weight excluding hydrogens is 500 g/mol. The maximum absolute atomic E-state index is 13.2. The summed E-state index contributed by atoms with van der Waals surface area (Å²) < 4.78 is 25.8. The lowest BCUT2D eigenvalue weighted by Crippen LogP contribution is -2.27. The summed E-state index contributed by atoms with van der Waals surface area (Å²) in [6.45, 7) is 0. The first kappa shape index (κ1) is 22.6. The van der Waals surface area contributed by atoms with Gasteiger partial charge in [-0.1, -0.05) is 29.4 Å². The molecule has 4 aromatic rings. The molecule has 174 valence electrons. The molecule has 13 heteroatoms. The second-order valence-electron chi connectivity index (χ2n) is 7.63. The minimum Gasteiger partial charge on any atom is -0.326 e. The smallest absolute Gasteiger partial charge is 0.265 e. The van der Waals surface area contributed by atoms with Gasteiger partial charge in [0.25, 0.3) is 5.56 Å². The van der Waals surface area contributed by atoms with Crippen LogP contribution in [0.1, 0.15) is 12.5 Å². The van der Waals surface area contributed by atoms with Crippen LogP contribution in [0, 0.1) is 0 Å². The molecule has 1 amide bonds. The molecule has 3 N–H and O–H groups in total. The minimum absolute atomic E-state index is 0.0481. The van der Waals surface area contributed by atoms with Crippen LogP contribution in [0.25, 0.3) is 16.7 Å². The van der Waals surface area contributed by atoms with Crippen LogP contribution in [0.3, 0.4) is 0 Å². The van der Waals surface area contributed by atoms with E-state index in [0.717, 1.165) is 0 Å². The first-order chi connectivity index (χ1) is 16.2. The second-order valence-corrected chi connectivity index (χ2v) is 10.6. The van der Waals surface area contributed by atoms with Crippen LogP contribution in [-0.4, -0.2) is 39.4 Å². The normalized spacial score (nSPS) is 15.4. The first-order valence-electron chi connectivity index (χ1n) is 10.0. The van der Waals surface area contributed by atoms with Gasteiger partial charge in [0, 0.05) is 22.9 Å². The Bertz CT molecular complexity index is 1600. The number of fused-ring (bicyclic) bond motifs is 2. The SMILES string of the molecule is NS(=O)(=O)c1ccc(NC(=O)CC2CSc3nc4c(cnn4-c4cccc(Cl)c4)c(=O)n32)cc1. The average Bonchev–Trinajstić information content (AvgIpc) is 3.38. The third-order valence-electron chi connectivity index (χ3n) is 5.31. The van der Waals surface area contributed by atoms with E-state index in [1.807, 2.05) is 6.07 Å². The molecule has 0 aliphatic carbocycles. The number of nitrogens with one attached hydrogen (secondary N) is 1. The summed E-state index contributed by atoms with van der Waals surface area (Å²) in [5.41, 5.74) is 1.26. The molecule has 1 aliphatic heterocycles. The van der Waals surface area contributed by atoms with E-state index in [1.54, 1.807) is 22.9 Å². The van der Waals surface area contributed by atoms with Crippen LogP contribution < -0.4 is 16.0 Å². The number of amides is 1. The van der Waals surface area contributed by atoms with Gasteiger partial charge in [-0.15, -0.1) is 0 Å². The molecule has 0 saturated heterocycles. The first-order valence-corrected chi connectivity index (χ1v) is 12.9. The van der Waals surface area contributed by atoms with E-state index in [2.05, 4.69) is 15.4 Å². The Morgan fingerprint density at radius 1 is 1.24 bits per heavy atom. The molecule has 0 radical (unpaired) electrons. The van der Waals surface area contributed by atoms with E-state index in [-0.39, 0.29) is 28.8 Å². The monoisotopic (exact) mass is 516 g/mol. The Balaban J connectivity index is 1.39. The standard InChI is InChI=1S/C21H17ClN6O4S2/c22-12-2-1-3-14(8-12)28-19-17(10-24-28)20(30)27-15(11-33-21(27)26-19)9-18(29)25-13-4-6-16(7-5-13)34(23,31)32/h1-8,10,15H,9,11H2,(H,25,29)(H2,23,31,32). The maximum atomic E-state index is 13.2. The Kier molecular flexibility index (Phi) is 5.68. The molecule has 5 rings (SSSR count). The Labute approximate surface area is 202 Å². The van der Waals surface area contributed by atoms with Crippen molar-refractivity contribution in [3.05, 3.63) is 70.1 Å². The van der Waals surface area contributed by atoms with Gasteiger partial charge in [0.15, 0.2) is 10.8 Å². The van der Waals surface area contributed by atoms with Crippen LogP contribution >= 0.6 is 23.4 Å². The van der Waals surface area contributed by atoms with Crippen molar-refractivity contribution in [3.8, 4) is 5.69 Å². The molecule has 1 atom stereocenters. The summed E-state index contributed by atoms with van der Waals surface area (Å²) in [5.74, 6) is 0.195. The number of carbonyl (C=O) groups is 1. The van der Waals surface area contributed by atoms with Gasteiger partial charge in [0.2, 0.25) is 15.9 Å². The second kappa shape index (κ2) is 8.55. The van der Waals surface area contributed by atoms with Crippen molar-refractivity contribution in [1.29, 1.82) is 0 Å². The third kappa shape index (κ3) is 4.20. The van der Waals surface area contributed by atoms with Crippen molar-refractivity contribution in [2.75, 3.05) is 11.1 Å². The molecule has 0 fully saturated rings. The van der Waals surface area contributed by atoms with Gasteiger partial charge < -0.3 is 5.32 Å². The zero-order chi connectivity index (χ0) is 24.0. The molecule has 1 aliphatic rings. The van der Waals surface area contributed by atoms with Crippen LogP contribution in [0.15, 0.2) is 69.6 Å². The summed E-state index contributed by atoms with van der Waals surface area (Å²) in [7, 11) is -3.81. The topological polar surface area (TPSA) is 142 Å². The van der Waals surface area contributed by atoms with E-state index >= 15 is 0 Å². The third-order valence-corrected chi connectivity index (χ3v) is 7.57. The van der Waals surface area contributed by atoms with E-state index in [4.69, 9.17) is 16.7 Å². The van der Waals surface area contributed by atoms with E-state index in [0.29, 0.717) is 38.3 Å². The van der Waals surface area contributed by atoms with Gasteiger partial charge >= 0.3 is 0 Å². The summed E-state index contributed by atoms with van der Waals surface area (Å²) in [6.07, 6.45) is 1.51. The quantitative estimate of drug-likeness (QED) is 0.388. The van der Waals surface area contributed by atoms with Crippen molar-refractivity contribution < 1.29 is 13.2 Å². The molecule has 0 bridgehead atoms. The van der Waals surface area contributed by atoms with Gasteiger partial charge in [-0.3, -0.25) is 14.2 Å². The number of nitrogens with zero attached hydrogens (tertiary/aromatic N) is 4. The van der Waals surface area contributed by atoms with Crippen molar-refractivity contribution in [3.63, 3.8) is 0 Å². The van der Waals surface area contributed by atoms with Crippen LogP contribution in [0.5, 0.6) is 0 Å². The predicted molar refractivity (Wildman–Crippen MR) is 129 cm³/mol. The van der Waals surface area contributed by atoms with Crippen molar-refractivity contribution in [1.82, 2.24) is 19.3 Å². The molecule has 1 unspecified atom stereocenters. The Morgan fingerprint density at radius 2 is 2.00 bits per heavy atom. The maximum Gasteiger partial charge on any atom is 0.265 e. The summed E-state index contributed by atoms with van der Waals surface area (Å²) >= 11 is 7.48. The molecule has 0 spiro atoms. The molecule has 34 heavy (non-hydrogen) atoms. The average molecular weight is 517 g/mol. The number of hydrogen-bond acceptors (Lipinski definition) is 7. The molecule has 3 heterocycles. The fraction of sp³-hybridized carbons (Fsp3) is 0.143. The number of hydrogen-bond donors (Lipinski definition) is 2. The summed E-state index contributed by atoms with van der Waals surface area (Å²) in [4.78, 5) is 30.5. The number of thioether (sulfide) groups is 1. The number of benzene rings is 2. The number of aromatic nitrogens is 4. The molecule has 2 aromatic carbocycles. The molecule has 2 aromatic heterocycles. The Hall–Kier alpha value is -3.19. The highest BCUT2D eigenvalue weighted by Crippen LogP contribution is 2.33. The number of halogens is 1. The summed E-state index contributed by atoms with van der Waals surface area (Å²) in [6, 6.07) is 12.2. The fourth-order valence-electron chi connectivity index (χ4n) is 3.73. The zero-order valence-electron chi connectivity index (χ0n) is 17.4. The number of carbonyl (C=O) groups excluding carboxylic acids is 1. The summed E-state index contributed by atoms with van der Waals surface area (Å²) in [5, 5.41) is 13.5. The molecule has 0 saturated carbocycles. The van der Waals surface area contributed by atoms with Crippen LogP contribution in [-0.2, 0) is 14.8 Å². The fourth-order valence-corrected chi connectivity index (χ4v) is 5.56. The largest absolute Gasteiger partial charge is 0.326 e. The van der Waals surface area contributed by atoms with E-state index in [9.17, 15) is 18.0 Å². The van der Waals surface area contributed by atoms with Crippen LogP contribution in [0.2, 0.25) is 5.02 Å². The van der Waals surface area contributed by atoms with Crippen molar-refractivity contribution in [2.24, 2.45) is 5.14 Å². The zero-order valence-corrected chi connectivity index (χ0v) is 19.8. The van der Waals surface area contributed by atoms with Crippen LogP contribution in [0.4, 0.5) is 5.69 Å². The van der Waals surface area contributed by atoms with Gasteiger partial charge in [0.1, 0.15) is 5.39 Å².